The maximum absolute atomic E-state index is 11.8. The van der Waals surface area contributed by atoms with Gasteiger partial charge in [-0.15, -0.1) is 0 Å². The minimum absolute atomic E-state index is 0.0230. The largest absolute Gasteiger partial charge is 0.497 e. The summed E-state index contributed by atoms with van der Waals surface area (Å²) in [5, 5.41) is 2.63. The number of nitrogens with zero attached hydrogens (tertiary/aromatic N) is 1. The molecule has 0 radical (unpaired) electrons. The molecule has 0 saturated carbocycles. The number of pyridine rings is 1. The van der Waals surface area contributed by atoms with Crippen LogP contribution in [-0.4, -0.2) is 30.3 Å². The molecule has 114 valence electrons. The molecule has 0 atom stereocenters. The first-order chi connectivity index (χ1) is 10.7. The minimum atomic E-state index is -0.570. The fraction of sp³-hybridized carbons (Fsp3) is 0.235. The number of hydrogen-bond donors (Lipinski definition) is 1. The van der Waals surface area contributed by atoms with E-state index in [0.717, 1.165) is 11.3 Å². The monoisotopic (exact) mass is 298 g/mol. The van der Waals surface area contributed by atoms with E-state index in [1.54, 1.807) is 31.5 Å². The lowest BCUT2D eigenvalue weighted by molar-refractivity contribution is -0.137. The Morgan fingerprint density at radius 2 is 1.91 bits per heavy atom. The van der Waals surface area contributed by atoms with Gasteiger partial charge in [0.05, 0.1) is 13.5 Å². The van der Waals surface area contributed by atoms with Crippen LogP contribution in [0.25, 0.3) is 0 Å². The van der Waals surface area contributed by atoms with Gasteiger partial charge in [0.15, 0.2) is 0 Å². The van der Waals surface area contributed by atoms with Crippen molar-refractivity contribution < 1.29 is 14.3 Å². The molecule has 0 aliphatic heterocycles. The fourth-order valence-electron chi connectivity index (χ4n) is 1.96. The molecule has 0 aliphatic rings. The van der Waals surface area contributed by atoms with Gasteiger partial charge in [-0.05, 0) is 36.2 Å². The van der Waals surface area contributed by atoms with Gasteiger partial charge in [-0.1, -0.05) is 18.2 Å². The molecule has 1 amide bonds. The Morgan fingerprint density at radius 3 is 2.55 bits per heavy atom. The van der Waals surface area contributed by atoms with E-state index in [1.807, 2.05) is 24.3 Å². The van der Waals surface area contributed by atoms with E-state index in [2.05, 4.69) is 10.3 Å². The van der Waals surface area contributed by atoms with Crippen LogP contribution in [0.5, 0.6) is 5.75 Å². The first-order valence-corrected chi connectivity index (χ1v) is 7.03. The summed E-state index contributed by atoms with van der Waals surface area (Å²) >= 11 is 0. The molecule has 1 heterocycles. The number of benzene rings is 1. The third-order valence-corrected chi connectivity index (χ3v) is 3.18. The van der Waals surface area contributed by atoms with Crippen molar-refractivity contribution >= 4 is 11.7 Å². The third kappa shape index (κ3) is 4.70. The summed E-state index contributed by atoms with van der Waals surface area (Å²) in [6.07, 6.45) is 2.28. The van der Waals surface area contributed by atoms with E-state index >= 15 is 0 Å². The van der Waals surface area contributed by atoms with Gasteiger partial charge in [-0.25, -0.2) is 0 Å². The second-order valence-corrected chi connectivity index (χ2v) is 4.78. The predicted octanol–water partition coefficient (Wildman–Crippen LogP) is 1.56. The van der Waals surface area contributed by atoms with E-state index < -0.39 is 11.7 Å². The molecule has 0 spiro atoms. The molecule has 0 saturated heterocycles. The lowest BCUT2D eigenvalue weighted by Crippen LogP contribution is -2.33. The van der Waals surface area contributed by atoms with Gasteiger partial charge in [-0.2, -0.15) is 0 Å². The van der Waals surface area contributed by atoms with Crippen molar-refractivity contribution in [2.75, 3.05) is 13.7 Å². The van der Waals surface area contributed by atoms with Gasteiger partial charge in [-0.3, -0.25) is 14.6 Å². The van der Waals surface area contributed by atoms with E-state index in [-0.39, 0.29) is 6.42 Å². The van der Waals surface area contributed by atoms with Crippen molar-refractivity contribution in [2.45, 2.75) is 12.8 Å². The number of ether oxygens (including phenoxy) is 1. The second-order valence-electron chi connectivity index (χ2n) is 4.78. The molecule has 22 heavy (non-hydrogen) atoms. The molecule has 5 nitrogen and oxygen atoms in total. The van der Waals surface area contributed by atoms with Crippen molar-refractivity contribution in [2.24, 2.45) is 0 Å². The second kappa shape index (κ2) is 7.93. The summed E-state index contributed by atoms with van der Waals surface area (Å²) < 4.78 is 5.08. The SMILES string of the molecule is COc1ccc(CCNC(=O)C(=O)Cc2ccccn2)cc1. The van der Waals surface area contributed by atoms with Crippen LogP contribution < -0.4 is 10.1 Å². The molecule has 0 fully saturated rings. The predicted molar refractivity (Wildman–Crippen MR) is 82.7 cm³/mol. The quantitative estimate of drug-likeness (QED) is 0.788. The maximum Gasteiger partial charge on any atom is 0.287 e. The highest BCUT2D eigenvalue weighted by atomic mass is 16.5. The average Bonchev–Trinajstić information content (AvgIpc) is 2.56. The average molecular weight is 298 g/mol. The van der Waals surface area contributed by atoms with Crippen LogP contribution in [0.4, 0.5) is 0 Å². The molecule has 2 rings (SSSR count). The van der Waals surface area contributed by atoms with Crippen LogP contribution in [-0.2, 0) is 22.4 Å². The summed E-state index contributed by atoms with van der Waals surface area (Å²) in [4.78, 5) is 27.5. The van der Waals surface area contributed by atoms with Crippen molar-refractivity contribution in [3.05, 3.63) is 59.9 Å². The number of aromatic nitrogens is 1. The fourth-order valence-corrected chi connectivity index (χ4v) is 1.96. The highest BCUT2D eigenvalue weighted by Crippen LogP contribution is 2.11. The van der Waals surface area contributed by atoms with Crippen molar-refractivity contribution in [1.82, 2.24) is 10.3 Å². The van der Waals surface area contributed by atoms with E-state index in [0.29, 0.717) is 18.7 Å². The summed E-state index contributed by atoms with van der Waals surface area (Å²) in [6, 6.07) is 12.9. The van der Waals surface area contributed by atoms with Crippen LogP contribution in [0.2, 0.25) is 0 Å². The normalized spacial score (nSPS) is 10.0. The number of carbonyl (C=O) groups excluding carboxylic acids is 2. The number of rotatable bonds is 7. The van der Waals surface area contributed by atoms with Crippen molar-refractivity contribution in [3.63, 3.8) is 0 Å². The van der Waals surface area contributed by atoms with Crippen molar-refractivity contribution in [1.29, 1.82) is 0 Å². The minimum Gasteiger partial charge on any atom is -0.497 e. The number of nitrogens with one attached hydrogen (secondary N) is 1. The Labute approximate surface area is 129 Å². The summed E-state index contributed by atoms with van der Waals surface area (Å²) in [5.74, 6) is -0.258. The highest BCUT2D eigenvalue weighted by molar-refractivity contribution is 6.36. The summed E-state index contributed by atoms with van der Waals surface area (Å²) in [5.41, 5.74) is 1.66. The highest BCUT2D eigenvalue weighted by Gasteiger charge is 2.14. The van der Waals surface area contributed by atoms with Gasteiger partial charge < -0.3 is 10.1 Å². The van der Waals surface area contributed by atoms with Crippen molar-refractivity contribution in [3.8, 4) is 5.75 Å². The van der Waals surface area contributed by atoms with Gasteiger partial charge in [0.2, 0.25) is 5.78 Å². The van der Waals surface area contributed by atoms with Crippen LogP contribution in [0.3, 0.4) is 0 Å². The topological polar surface area (TPSA) is 68.3 Å². The number of ketones is 1. The molecular weight excluding hydrogens is 280 g/mol. The summed E-state index contributed by atoms with van der Waals surface area (Å²) in [7, 11) is 1.61. The zero-order chi connectivity index (χ0) is 15.8. The summed E-state index contributed by atoms with van der Waals surface area (Å²) in [6.45, 7) is 0.416. The molecule has 5 heteroatoms. The Hall–Kier alpha value is -2.69. The zero-order valence-corrected chi connectivity index (χ0v) is 12.4. The number of amides is 1. The Kier molecular flexibility index (Phi) is 5.65. The van der Waals surface area contributed by atoms with Gasteiger partial charge in [0, 0.05) is 18.4 Å². The van der Waals surface area contributed by atoms with Crippen LogP contribution in [0, 0.1) is 0 Å². The molecular formula is C17H18N2O3. The van der Waals surface area contributed by atoms with E-state index in [1.165, 1.54) is 0 Å². The Balaban J connectivity index is 1.76. The van der Waals surface area contributed by atoms with Crippen LogP contribution in [0.1, 0.15) is 11.3 Å². The lowest BCUT2D eigenvalue weighted by Gasteiger charge is -2.05. The van der Waals surface area contributed by atoms with Gasteiger partial charge in [0.1, 0.15) is 5.75 Å². The molecule has 1 aromatic heterocycles. The number of carbonyl (C=O) groups is 2. The molecule has 1 N–H and O–H groups in total. The zero-order valence-electron chi connectivity index (χ0n) is 12.4. The Morgan fingerprint density at radius 1 is 1.14 bits per heavy atom. The molecule has 2 aromatic rings. The van der Waals surface area contributed by atoms with Gasteiger partial charge in [0.25, 0.3) is 5.91 Å². The van der Waals surface area contributed by atoms with Crippen LogP contribution >= 0.6 is 0 Å². The molecule has 0 bridgehead atoms. The van der Waals surface area contributed by atoms with Crippen LogP contribution in [0.15, 0.2) is 48.7 Å². The molecule has 1 aromatic carbocycles. The molecule has 0 aliphatic carbocycles. The van der Waals surface area contributed by atoms with Gasteiger partial charge >= 0.3 is 0 Å². The first kappa shape index (κ1) is 15.7. The third-order valence-electron chi connectivity index (χ3n) is 3.18. The number of methoxy groups -OCH3 is 1. The number of hydrogen-bond acceptors (Lipinski definition) is 4. The van der Waals surface area contributed by atoms with E-state index in [9.17, 15) is 9.59 Å². The first-order valence-electron chi connectivity index (χ1n) is 7.03. The maximum atomic E-state index is 11.8. The Bertz CT molecular complexity index is 624. The molecule has 0 unspecified atom stereocenters. The lowest BCUT2D eigenvalue weighted by atomic mass is 10.1. The number of Topliss-reactive ketones (excluding diaryl/α,β-unsaturated/α-hetero) is 1. The standard InChI is InChI=1S/C17H18N2O3/c1-22-15-7-5-13(6-8-15)9-11-19-17(21)16(20)12-14-4-2-3-10-18-14/h2-8,10H,9,11-12H2,1H3,(H,19,21). The smallest absolute Gasteiger partial charge is 0.287 e. The van der Waals surface area contributed by atoms with E-state index in [4.69, 9.17) is 4.74 Å².